The molecule has 2 rings (SSSR count). The lowest BCUT2D eigenvalue weighted by Gasteiger charge is -2.25. The van der Waals surface area contributed by atoms with Crippen molar-refractivity contribution in [3.8, 4) is 0 Å². The highest BCUT2D eigenvalue weighted by Crippen LogP contribution is 2.19. The first-order valence-electron chi connectivity index (χ1n) is 11.3. The number of thiol groups is 1. The summed E-state index contributed by atoms with van der Waals surface area (Å²) < 4.78 is 0. The maximum atomic E-state index is 13.2. The van der Waals surface area contributed by atoms with Gasteiger partial charge in [-0.15, -0.1) is 0 Å². The zero-order chi connectivity index (χ0) is 27.0. The Bertz CT molecular complexity index is 1120. The first-order valence-corrected chi connectivity index (χ1v) is 11.9. The van der Waals surface area contributed by atoms with Gasteiger partial charge in [-0.2, -0.15) is 12.6 Å². The van der Waals surface area contributed by atoms with E-state index in [0.717, 1.165) is 16.5 Å². The number of fused-ring (bicyclic) bond motifs is 1. The Kier molecular flexibility index (Phi) is 10.3. The number of aromatic amines is 1. The number of para-hydroxylation sites is 1. The average molecular weight is 521 g/mol. The Balaban J connectivity index is 2.24. The molecule has 13 heteroatoms. The second kappa shape index (κ2) is 12.9. The number of amides is 4. The van der Waals surface area contributed by atoms with Crippen molar-refractivity contribution in [3.05, 3.63) is 36.0 Å². The zero-order valence-corrected chi connectivity index (χ0v) is 20.9. The molecule has 0 spiro atoms. The fourth-order valence-corrected chi connectivity index (χ4v) is 3.70. The number of rotatable bonds is 13. The van der Waals surface area contributed by atoms with Gasteiger partial charge in [-0.3, -0.25) is 19.2 Å². The molecule has 0 aliphatic carbocycles. The van der Waals surface area contributed by atoms with E-state index < -0.39 is 60.2 Å². The Hall–Kier alpha value is -3.58. The van der Waals surface area contributed by atoms with Crippen LogP contribution in [0.25, 0.3) is 10.9 Å². The van der Waals surface area contributed by atoms with Crippen LogP contribution < -0.4 is 27.4 Å². The summed E-state index contributed by atoms with van der Waals surface area (Å²) in [5.41, 5.74) is 12.6. The van der Waals surface area contributed by atoms with Gasteiger partial charge in [-0.1, -0.05) is 32.0 Å². The van der Waals surface area contributed by atoms with E-state index in [1.165, 1.54) is 0 Å². The smallest absolute Gasteiger partial charge is 0.326 e. The molecule has 4 amide bonds. The molecule has 36 heavy (non-hydrogen) atoms. The van der Waals surface area contributed by atoms with Crippen LogP contribution in [-0.2, 0) is 30.4 Å². The van der Waals surface area contributed by atoms with E-state index in [1.807, 2.05) is 24.3 Å². The largest absolute Gasteiger partial charge is 0.480 e. The molecule has 0 aliphatic heterocycles. The highest BCUT2D eigenvalue weighted by Gasteiger charge is 2.31. The minimum Gasteiger partial charge on any atom is -0.480 e. The van der Waals surface area contributed by atoms with Gasteiger partial charge in [-0.25, -0.2) is 4.79 Å². The molecule has 0 aliphatic rings. The maximum Gasteiger partial charge on any atom is 0.326 e. The number of aliphatic carboxylic acids is 1. The predicted molar refractivity (Wildman–Crippen MR) is 136 cm³/mol. The first-order chi connectivity index (χ1) is 16.9. The number of aromatic nitrogens is 1. The van der Waals surface area contributed by atoms with Gasteiger partial charge in [0.05, 0.1) is 12.5 Å². The van der Waals surface area contributed by atoms with Crippen molar-refractivity contribution in [1.82, 2.24) is 20.9 Å². The highest BCUT2D eigenvalue weighted by atomic mass is 32.1. The van der Waals surface area contributed by atoms with Gasteiger partial charge >= 0.3 is 5.97 Å². The molecule has 4 unspecified atom stereocenters. The molecule has 196 valence electrons. The Labute approximate surface area is 213 Å². The second-order valence-electron chi connectivity index (χ2n) is 8.71. The van der Waals surface area contributed by atoms with Gasteiger partial charge in [0.15, 0.2) is 0 Å². The maximum absolute atomic E-state index is 13.2. The summed E-state index contributed by atoms with van der Waals surface area (Å²) in [6, 6.07) is 2.65. The molecule has 0 radical (unpaired) electrons. The van der Waals surface area contributed by atoms with Crippen molar-refractivity contribution in [2.24, 2.45) is 17.4 Å². The van der Waals surface area contributed by atoms with Crippen LogP contribution in [0.5, 0.6) is 0 Å². The monoisotopic (exact) mass is 520 g/mol. The van der Waals surface area contributed by atoms with Gasteiger partial charge in [0, 0.05) is 29.3 Å². The van der Waals surface area contributed by atoms with Gasteiger partial charge < -0.3 is 37.5 Å². The number of nitrogens with two attached hydrogens (primary N) is 2. The molecule has 0 saturated carbocycles. The number of carboxylic acids is 1. The summed E-state index contributed by atoms with van der Waals surface area (Å²) in [7, 11) is 0. The normalized spacial score (nSPS) is 14.5. The van der Waals surface area contributed by atoms with E-state index in [1.54, 1.807) is 20.0 Å². The SMILES string of the molecule is CC(C)C(N)C(=O)NC(Cc1c[nH]c2ccccc12)C(=O)NC(CS)C(=O)NC(CC(N)=O)C(=O)O. The van der Waals surface area contributed by atoms with Crippen LogP contribution in [0.4, 0.5) is 0 Å². The Morgan fingerprint density at radius 1 is 0.972 bits per heavy atom. The average Bonchev–Trinajstić information content (AvgIpc) is 3.23. The fraction of sp³-hybridized carbons (Fsp3) is 0.435. The summed E-state index contributed by atoms with van der Waals surface area (Å²) in [5, 5.41) is 17.4. The lowest BCUT2D eigenvalue weighted by molar-refractivity contribution is -0.143. The molecule has 12 nitrogen and oxygen atoms in total. The van der Waals surface area contributed by atoms with Crippen molar-refractivity contribution in [3.63, 3.8) is 0 Å². The standard InChI is InChI=1S/C23H32N6O6S/c1-11(2)19(25)22(33)27-15(7-12-9-26-14-6-4-3-5-13(12)14)20(31)29-17(10-36)21(32)28-16(23(34)35)8-18(24)30/h3-6,9,11,15-17,19,26,36H,7-8,10,25H2,1-2H3,(H2,24,30)(H,27,33)(H,28,32)(H,29,31)(H,34,35). The van der Waals surface area contributed by atoms with Crippen molar-refractivity contribution in [1.29, 1.82) is 0 Å². The molecule has 2 aromatic rings. The summed E-state index contributed by atoms with van der Waals surface area (Å²) in [6.07, 6.45) is 1.19. The number of carbonyl (C=O) groups is 5. The van der Waals surface area contributed by atoms with E-state index >= 15 is 0 Å². The molecular weight excluding hydrogens is 488 g/mol. The van der Waals surface area contributed by atoms with E-state index in [0.29, 0.717) is 0 Å². The lowest BCUT2D eigenvalue weighted by atomic mass is 10.0. The number of nitrogens with one attached hydrogen (secondary N) is 4. The van der Waals surface area contributed by atoms with E-state index in [4.69, 9.17) is 11.5 Å². The topological polar surface area (TPSA) is 209 Å². The summed E-state index contributed by atoms with van der Waals surface area (Å²) >= 11 is 4.08. The van der Waals surface area contributed by atoms with E-state index in [2.05, 4.69) is 33.6 Å². The summed E-state index contributed by atoms with van der Waals surface area (Å²) in [4.78, 5) is 64.1. The van der Waals surface area contributed by atoms with E-state index in [9.17, 15) is 29.1 Å². The van der Waals surface area contributed by atoms with Crippen LogP contribution in [0.3, 0.4) is 0 Å². The van der Waals surface area contributed by atoms with E-state index in [-0.39, 0.29) is 18.1 Å². The lowest BCUT2D eigenvalue weighted by Crippen LogP contribution is -2.58. The zero-order valence-electron chi connectivity index (χ0n) is 20.0. The van der Waals surface area contributed by atoms with Gasteiger partial charge in [0.1, 0.15) is 18.1 Å². The minimum absolute atomic E-state index is 0.0900. The molecule has 9 N–H and O–H groups in total. The van der Waals surface area contributed by atoms with Crippen molar-refractivity contribution < 1.29 is 29.1 Å². The second-order valence-corrected chi connectivity index (χ2v) is 9.07. The predicted octanol–water partition coefficient (Wildman–Crippen LogP) is -0.962. The van der Waals surface area contributed by atoms with Crippen LogP contribution in [0, 0.1) is 5.92 Å². The molecule has 1 aromatic carbocycles. The number of H-pyrrole nitrogens is 1. The molecule has 0 fully saturated rings. The van der Waals surface area contributed by atoms with Gasteiger partial charge in [0.2, 0.25) is 23.6 Å². The number of hydrogen-bond donors (Lipinski definition) is 8. The third-order valence-electron chi connectivity index (χ3n) is 5.59. The number of carboxylic acid groups (broad SMARTS) is 1. The van der Waals surface area contributed by atoms with Crippen LogP contribution in [0.2, 0.25) is 0 Å². The van der Waals surface area contributed by atoms with Gasteiger partial charge in [-0.05, 0) is 17.5 Å². The van der Waals surface area contributed by atoms with Crippen molar-refractivity contribution in [2.45, 2.75) is 50.9 Å². The van der Waals surface area contributed by atoms with Crippen molar-refractivity contribution >= 4 is 53.1 Å². The quantitative estimate of drug-likeness (QED) is 0.155. The Morgan fingerprint density at radius 3 is 2.14 bits per heavy atom. The molecule has 0 saturated heterocycles. The highest BCUT2D eigenvalue weighted by molar-refractivity contribution is 7.80. The molecule has 1 heterocycles. The first kappa shape index (κ1) is 28.7. The summed E-state index contributed by atoms with van der Waals surface area (Å²) in [6.45, 7) is 3.54. The Morgan fingerprint density at radius 2 is 1.56 bits per heavy atom. The summed E-state index contributed by atoms with van der Waals surface area (Å²) in [5.74, 6) is -4.85. The van der Waals surface area contributed by atoms with Crippen LogP contribution in [0.15, 0.2) is 30.5 Å². The van der Waals surface area contributed by atoms with Gasteiger partial charge in [0.25, 0.3) is 0 Å². The molecule has 4 atom stereocenters. The molecule has 1 aromatic heterocycles. The third-order valence-corrected chi connectivity index (χ3v) is 5.95. The molecule has 0 bridgehead atoms. The number of benzene rings is 1. The van der Waals surface area contributed by atoms with Crippen molar-refractivity contribution in [2.75, 3.05) is 5.75 Å². The number of hydrogen-bond acceptors (Lipinski definition) is 7. The third kappa shape index (κ3) is 7.71. The molecular formula is C23H32N6O6S. The number of carbonyl (C=O) groups excluding carboxylic acids is 4. The van der Waals surface area contributed by atoms with Crippen LogP contribution in [-0.4, -0.2) is 69.6 Å². The fourth-order valence-electron chi connectivity index (χ4n) is 3.44. The van der Waals surface area contributed by atoms with Crippen LogP contribution in [0.1, 0.15) is 25.8 Å². The number of primary amides is 1. The van der Waals surface area contributed by atoms with Crippen LogP contribution >= 0.6 is 12.6 Å². The minimum atomic E-state index is -1.57.